The van der Waals surface area contributed by atoms with Gasteiger partial charge in [0, 0.05) is 44.0 Å². The van der Waals surface area contributed by atoms with Gasteiger partial charge in [-0.3, -0.25) is 9.59 Å². The number of nitrogens with zero attached hydrogens (tertiary/aromatic N) is 2. The van der Waals surface area contributed by atoms with Gasteiger partial charge in [-0.15, -0.1) is 0 Å². The number of carbonyl (C=O) groups excluding carboxylic acids is 2. The Kier molecular flexibility index (Phi) is 10.4. The molecule has 1 N–H and O–H groups in total. The Morgan fingerprint density at radius 2 is 1.41 bits per heavy atom. The molecule has 0 spiro atoms. The maximum Gasteiger partial charge on any atom is 0.256 e. The van der Waals surface area contributed by atoms with Crippen molar-refractivity contribution in [3.05, 3.63) is 23.8 Å². The molecule has 1 aromatic rings. The molecule has 2 heterocycles. The number of hydrogen-bond donors (Lipinski definition) is 1. The number of benzene rings is 1. The Morgan fingerprint density at radius 3 is 2.06 bits per heavy atom. The quantitative estimate of drug-likeness (QED) is 0.361. The third kappa shape index (κ3) is 7.53. The molecule has 5 nitrogen and oxygen atoms in total. The minimum absolute atomic E-state index is 0.0569. The SMILES string of the molecule is CCCCCCCCCCCC(=O)Nc1ccc(N2CCCC2)c(C(=O)N2CCCC2)c1. The Balaban J connectivity index is 1.48. The van der Waals surface area contributed by atoms with Gasteiger partial charge in [-0.1, -0.05) is 58.3 Å². The zero-order valence-corrected chi connectivity index (χ0v) is 20.2. The topological polar surface area (TPSA) is 52.7 Å². The van der Waals surface area contributed by atoms with Gasteiger partial charge in [0.2, 0.25) is 5.91 Å². The molecule has 2 aliphatic rings. The van der Waals surface area contributed by atoms with Crippen molar-refractivity contribution in [1.29, 1.82) is 0 Å². The first-order chi connectivity index (χ1) is 15.7. The molecule has 2 fully saturated rings. The lowest BCUT2D eigenvalue weighted by molar-refractivity contribution is -0.116. The zero-order chi connectivity index (χ0) is 22.6. The Bertz CT molecular complexity index is 722. The van der Waals surface area contributed by atoms with Gasteiger partial charge in [-0.05, 0) is 50.3 Å². The molecule has 0 unspecified atom stereocenters. The fraction of sp³-hybridized carbons (Fsp3) is 0.704. The van der Waals surface area contributed by atoms with Crippen molar-refractivity contribution in [3.63, 3.8) is 0 Å². The van der Waals surface area contributed by atoms with Crippen molar-refractivity contribution in [2.75, 3.05) is 36.4 Å². The number of anilines is 2. The van der Waals surface area contributed by atoms with Crippen molar-refractivity contribution in [2.45, 2.75) is 96.8 Å². The van der Waals surface area contributed by atoms with Gasteiger partial charge in [0.1, 0.15) is 0 Å². The first-order valence-corrected chi connectivity index (χ1v) is 13.2. The lowest BCUT2D eigenvalue weighted by Gasteiger charge is -2.24. The number of hydrogen-bond acceptors (Lipinski definition) is 3. The summed E-state index contributed by atoms with van der Waals surface area (Å²) in [4.78, 5) is 30.0. The predicted octanol–water partition coefficient (Wildman–Crippen LogP) is 6.38. The van der Waals surface area contributed by atoms with E-state index in [4.69, 9.17) is 0 Å². The number of carbonyl (C=O) groups is 2. The molecular weight excluding hydrogens is 398 g/mol. The van der Waals surface area contributed by atoms with Crippen LogP contribution in [0, 0.1) is 0 Å². The second kappa shape index (κ2) is 13.5. The minimum Gasteiger partial charge on any atom is -0.371 e. The van der Waals surface area contributed by atoms with E-state index in [9.17, 15) is 9.59 Å². The van der Waals surface area contributed by atoms with Gasteiger partial charge in [0.05, 0.1) is 5.56 Å². The molecule has 0 aromatic heterocycles. The molecule has 2 aliphatic heterocycles. The second-order valence-corrected chi connectivity index (χ2v) is 9.55. The maximum absolute atomic E-state index is 13.2. The van der Waals surface area contributed by atoms with Gasteiger partial charge >= 0.3 is 0 Å². The number of nitrogens with one attached hydrogen (secondary N) is 1. The van der Waals surface area contributed by atoms with E-state index >= 15 is 0 Å². The van der Waals surface area contributed by atoms with Gasteiger partial charge in [-0.25, -0.2) is 0 Å². The summed E-state index contributed by atoms with van der Waals surface area (Å²) in [6.45, 7) is 5.94. The average molecular weight is 442 g/mol. The molecule has 2 amide bonds. The van der Waals surface area contributed by atoms with E-state index in [-0.39, 0.29) is 11.8 Å². The van der Waals surface area contributed by atoms with Crippen LogP contribution < -0.4 is 10.2 Å². The normalized spacial score (nSPS) is 16.0. The van der Waals surface area contributed by atoms with E-state index in [1.165, 1.54) is 57.8 Å². The molecule has 5 heteroatoms. The second-order valence-electron chi connectivity index (χ2n) is 9.55. The zero-order valence-electron chi connectivity index (χ0n) is 20.2. The highest BCUT2D eigenvalue weighted by Gasteiger charge is 2.25. The van der Waals surface area contributed by atoms with E-state index in [1.807, 2.05) is 23.1 Å². The van der Waals surface area contributed by atoms with E-state index < -0.39 is 0 Å². The van der Waals surface area contributed by atoms with Crippen LogP contribution in [0.15, 0.2) is 18.2 Å². The van der Waals surface area contributed by atoms with Crippen LogP contribution in [0.2, 0.25) is 0 Å². The monoisotopic (exact) mass is 441 g/mol. The first-order valence-electron chi connectivity index (χ1n) is 13.2. The van der Waals surface area contributed by atoms with Gasteiger partial charge < -0.3 is 15.1 Å². The summed E-state index contributed by atoms with van der Waals surface area (Å²) in [5.41, 5.74) is 2.52. The van der Waals surface area contributed by atoms with Crippen molar-refractivity contribution in [1.82, 2.24) is 4.90 Å². The summed E-state index contributed by atoms with van der Waals surface area (Å²) in [6.07, 6.45) is 16.3. The van der Waals surface area contributed by atoms with Crippen LogP contribution in [0.25, 0.3) is 0 Å². The summed E-state index contributed by atoms with van der Waals surface area (Å²) in [5.74, 6) is 0.167. The average Bonchev–Trinajstić information content (AvgIpc) is 3.52. The summed E-state index contributed by atoms with van der Waals surface area (Å²) in [6, 6.07) is 5.90. The van der Waals surface area contributed by atoms with Crippen molar-refractivity contribution < 1.29 is 9.59 Å². The van der Waals surface area contributed by atoms with Crippen LogP contribution in [0.1, 0.15) is 107 Å². The first kappa shape index (κ1) is 24.6. The molecule has 0 saturated carbocycles. The number of likely N-dealkylation sites (tertiary alicyclic amines) is 1. The van der Waals surface area contributed by atoms with Crippen LogP contribution in [0.3, 0.4) is 0 Å². The molecule has 1 aromatic carbocycles. The lowest BCUT2D eigenvalue weighted by atomic mass is 10.1. The molecule has 0 bridgehead atoms. The lowest BCUT2D eigenvalue weighted by Crippen LogP contribution is -2.30. The minimum atomic E-state index is 0.0569. The molecular formula is C27H43N3O2. The molecule has 0 radical (unpaired) electrons. The highest BCUT2D eigenvalue weighted by atomic mass is 16.2. The fourth-order valence-electron chi connectivity index (χ4n) is 4.93. The summed E-state index contributed by atoms with van der Waals surface area (Å²) >= 11 is 0. The Morgan fingerprint density at radius 1 is 0.812 bits per heavy atom. The molecule has 178 valence electrons. The van der Waals surface area contributed by atoms with Crippen LogP contribution in [0.4, 0.5) is 11.4 Å². The third-order valence-corrected chi connectivity index (χ3v) is 6.86. The van der Waals surface area contributed by atoms with E-state index in [0.29, 0.717) is 6.42 Å². The van der Waals surface area contributed by atoms with E-state index in [2.05, 4.69) is 17.1 Å². The highest BCUT2D eigenvalue weighted by molar-refractivity contribution is 6.02. The number of rotatable bonds is 13. The van der Waals surface area contributed by atoms with Gasteiger partial charge in [-0.2, -0.15) is 0 Å². The summed E-state index contributed by atoms with van der Waals surface area (Å²) in [5, 5.41) is 3.04. The van der Waals surface area contributed by atoms with Crippen LogP contribution in [-0.4, -0.2) is 42.9 Å². The van der Waals surface area contributed by atoms with Crippen molar-refractivity contribution in [3.8, 4) is 0 Å². The van der Waals surface area contributed by atoms with E-state index in [1.54, 1.807) is 0 Å². The van der Waals surface area contributed by atoms with Gasteiger partial charge in [0.25, 0.3) is 5.91 Å². The third-order valence-electron chi connectivity index (χ3n) is 6.86. The largest absolute Gasteiger partial charge is 0.371 e. The van der Waals surface area contributed by atoms with Crippen molar-refractivity contribution >= 4 is 23.2 Å². The van der Waals surface area contributed by atoms with Crippen molar-refractivity contribution in [2.24, 2.45) is 0 Å². The Hall–Kier alpha value is -2.04. The molecule has 2 saturated heterocycles. The smallest absolute Gasteiger partial charge is 0.256 e. The van der Waals surface area contributed by atoms with Crippen LogP contribution in [-0.2, 0) is 4.79 Å². The predicted molar refractivity (Wildman–Crippen MR) is 134 cm³/mol. The highest BCUT2D eigenvalue weighted by Crippen LogP contribution is 2.29. The number of unbranched alkanes of at least 4 members (excludes halogenated alkanes) is 8. The maximum atomic E-state index is 13.2. The number of amides is 2. The van der Waals surface area contributed by atoms with E-state index in [0.717, 1.165) is 68.8 Å². The molecule has 0 atom stereocenters. The van der Waals surface area contributed by atoms with Crippen LogP contribution >= 0.6 is 0 Å². The Labute approximate surface area is 194 Å². The summed E-state index contributed by atoms with van der Waals surface area (Å²) < 4.78 is 0. The van der Waals surface area contributed by atoms with Crippen LogP contribution in [0.5, 0.6) is 0 Å². The standard InChI is InChI=1S/C27H43N3O2/c1-2-3-4-5-6-7-8-9-10-15-26(31)28-23-16-17-25(29-18-11-12-19-29)24(22-23)27(32)30-20-13-14-21-30/h16-17,22H,2-15,18-21H2,1H3,(H,28,31). The summed E-state index contributed by atoms with van der Waals surface area (Å²) in [7, 11) is 0. The molecule has 0 aliphatic carbocycles. The molecule has 3 rings (SSSR count). The van der Waals surface area contributed by atoms with Gasteiger partial charge in [0.15, 0.2) is 0 Å². The fourth-order valence-corrected chi connectivity index (χ4v) is 4.93. The molecule has 32 heavy (non-hydrogen) atoms.